The number of unbranched alkanes of at least 4 members (excludes halogenated alkanes) is 38. The van der Waals surface area contributed by atoms with Gasteiger partial charge in [-0.25, -0.2) is 9.13 Å². The van der Waals surface area contributed by atoms with Gasteiger partial charge in [0, 0.05) is 25.7 Å². The van der Waals surface area contributed by atoms with Crippen LogP contribution >= 0.6 is 15.6 Å². The van der Waals surface area contributed by atoms with Crippen molar-refractivity contribution in [2.45, 2.75) is 374 Å². The third-order valence-corrected chi connectivity index (χ3v) is 18.5. The van der Waals surface area contributed by atoms with Gasteiger partial charge in [0.1, 0.15) is 19.3 Å². The molecule has 0 radical (unpaired) electrons. The number of phosphoric ester groups is 2. The van der Waals surface area contributed by atoms with E-state index in [1.807, 2.05) is 0 Å². The number of carbonyl (C=O) groups is 4. The highest BCUT2D eigenvalue weighted by molar-refractivity contribution is 7.47. The number of rotatable bonds is 69. The molecule has 0 fully saturated rings. The van der Waals surface area contributed by atoms with E-state index < -0.39 is 97.5 Å². The topological polar surface area (TPSA) is 237 Å². The van der Waals surface area contributed by atoms with Gasteiger partial charge in [-0.3, -0.25) is 37.3 Å². The van der Waals surface area contributed by atoms with Crippen LogP contribution in [0.4, 0.5) is 0 Å². The van der Waals surface area contributed by atoms with Gasteiger partial charge in [0.05, 0.1) is 26.4 Å². The van der Waals surface area contributed by atoms with Crippen LogP contribution in [-0.2, 0) is 65.4 Å². The van der Waals surface area contributed by atoms with Crippen molar-refractivity contribution in [3.05, 3.63) is 0 Å². The normalized spacial score (nSPS) is 14.4. The Hall–Kier alpha value is -1.94. The highest BCUT2D eigenvalue weighted by Crippen LogP contribution is 2.45. The quantitative estimate of drug-likeness (QED) is 0.0222. The van der Waals surface area contributed by atoms with Gasteiger partial charge in [-0.15, -0.1) is 0 Å². The zero-order chi connectivity index (χ0) is 65.7. The molecule has 0 aromatic rings. The van der Waals surface area contributed by atoms with Crippen LogP contribution in [0.25, 0.3) is 0 Å². The first-order valence-corrected chi connectivity index (χ1v) is 39.5. The van der Waals surface area contributed by atoms with Gasteiger partial charge in [0.15, 0.2) is 12.2 Å². The lowest BCUT2D eigenvalue weighted by atomic mass is 9.99. The first kappa shape index (κ1) is 87.1. The zero-order valence-electron chi connectivity index (χ0n) is 57.7. The number of carbonyl (C=O) groups excluding carboxylic acids is 4. The van der Waals surface area contributed by atoms with Crippen LogP contribution in [0.3, 0.4) is 0 Å². The molecule has 17 nitrogen and oxygen atoms in total. The molecule has 0 aliphatic carbocycles. The van der Waals surface area contributed by atoms with Crippen molar-refractivity contribution in [3.8, 4) is 0 Å². The summed E-state index contributed by atoms with van der Waals surface area (Å²) in [6.07, 6.45) is 46.9. The van der Waals surface area contributed by atoms with E-state index in [1.165, 1.54) is 173 Å². The molecule has 89 heavy (non-hydrogen) atoms. The monoisotopic (exact) mass is 1310 g/mol. The average Bonchev–Trinajstić information content (AvgIpc) is 3.56. The summed E-state index contributed by atoms with van der Waals surface area (Å²) in [4.78, 5) is 72.5. The summed E-state index contributed by atoms with van der Waals surface area (Å²) < 4.78 is 68.3. The molecule has 3 N–H and O–H groups in total. The van der Waals surface area contributed by atoms with E-state index in [0.29, 0.717) is 25.7 Å². The molecule has 528 valence electrons. The van der Waals surface area contributed by atoms with Crippen LogP contribution < -0.4 is 0 Å². The minimum absolute atomic E-state index is 0.106. The number of ether oxygens (including phenoxy) is 4. The molecule has 0 spiro atoms. The minimum atomic E-state index is -4.95. The van der Waals surface area contributed by atoms with Gasteiger partial charge in [-0.1, -0.05) is 305 Å². The van der Waals surface area contributed by atoms with E-state index >= 15 is 0 Å². The second-order valence-corrected chi connectivity index (χ2v) is 28.9. The third-order valence-electron chi connectivity index (χ3n) is 16.6. The molecule has 3 unspecified atom stereocenters. The summed E-state index contributed by atoms with van der Waals surface area (Å²) in [6.45, 7) is 9.56. The number of aliphatic hydroxyl groups excluding tert-OH is 1. The maximum Gasteiger partial charge on any atom is 0.472 e. The van der Waals surface area contributed by atoms with Gasteiger partial charge in [0.2, 0.25) is 0 Å². The standard InChI is InChI=1S/C70H136O17P2/c1-7-10-12-14-16-18-20-28-34-40-46-52-67(72)80-58-65(86-69(74)54-48-42-36-30-21-19-17-15-13-11-8-2)60-84-88(76,77)82-56-64(71)57-83-89(78,79)85-61-66(59-81-68(73)53-47-41-35-29-24-22-26-32-38-44-50-62(4)5)87-70(75)55-49-43-37-31-25-23-27-33-39-45-51-63(6)9-3/h62-66,71H,7-61H2,1-6H3,(H,76,77)(H,78,79)/t63?,64-,65+,66+/m0/s1. The Morgan fingerprint density at radius 2 is 0.573 bits per heavy atom. The van der Waals surface area contributed by atoms with E-state index in [9.17, 15) is 43.2 Å². The van der Waals surface area contributed by atoms with Crippen LogP contribution in [0.2, 0.25) is 0 Å². The molecule has 0 aromatic heterocycles. The molecule has 0 aromatic carbocycles. The Labute approximate surface area is 543 Å². The summed E-state index contributed by atoms with van der Waals surface area (Å²) in [7, 11) is -9.90. The fourth-order valence-electron chi connectivity index (χ4n) is 10.6. The summed E-state index contributed by atoms with van der Waals surface area (Å²) in [5.41, 5.74) is 0. The molecule has 0 saturated heterocycles. The van der Waals surface area contributed by atoms with Crippen LogP contribution in [-0.4, -0.2) is 96.7 Å². The number of esters is 4. The molecule has 19 heteroatoms. The van der Waals surface area contributed by atoms with Gasteiger partial charge in [-0.05, 0) is 37.5 Å². The second-order valence-electron chi connectivity index (χ2n) is 26.0. The Bertz CT molecular complexity index is 1740. The predicted octanol–water partition coefficient (Wildman–Crippen LogP) is 20.0. The molecule has 0 rings (SSSR count). The van der Waals surface area contributed by atoms with Crippen molar-refractivity contribution in [2.24, 2.45) is 11.8 Å². The largest absolute Gasteiger partial charge is 0.472 e. The van der Waals surface area contributed by atoms with E-state index in [-0.39, 0.29) is 25.7 Å². The Morgan fingerprint density at radius 1 is 0.326 bits per heavy atom. The Kier molecular flexibility index (Phi) is 60.8. The smallest absolute Gasteiger partial charge is 0.462 e. The highest BCUT2D eigenvalue weighted by atomic mass is 31.2. The van der Waals surface area contributed by atoms with Crippen molar-refractivity contribution < 1.29 is 80.2 Å². The van der Waals surface area contributed by atoms with E-state index in [4.69, 9.17) is 37.0 Å². The number of phosphoric acid groups is 2. The molecular formula is C70H136O17P2. The van der Waals surface area contributed by atoms with Crippen LogP contribution in [0.5, 0.6) is 0 Å². The molecule has 0 heterocycles. The molecule has 0 aliphatic rings. The van der Waals surface area contributed by atoms with Gasteiger partial charge in [-0.2, -0.15) is 0 Å². The zero-order valence-corrected chi connectivity index (χ0v) is 59.5. The summed E-state index contributed by atoms with van der Waals surface area (Å²) in [5, 5.41) is 10.6. The molecule has 0 bridgehead atoms. The fraction of sp³-hybridized carbons (Fsp3) is 0.943. The molecule has 0 aliphatic heterocycles. The molecular weight excluding hydrogens is 1170 g/mol. The fourth-order valence-corrected chi connectivity index (χ4v) is 12.1. The van der Waals surface area contributed by atoms with Gasteiger partial charge < -0.3 is 33.8 Å². The van der Waals surface area contributed by atoms with E-state index in [1.54, 1.807) is 0 Å². The van der Waals surface area contributed by atoms with Crippen molar-refractivity contribution >= 4 is 39.5 Å². The summed E-state index contributed by atoms with van der Waals surface area (Å²) in [6, 6.07) is 0. The van der Waals surface area contributed by atoms with E-state index in [2.05, 4.69) is 41.5 Å². The number of hydrogen-bond donors (Lipinski definition) is 3. The van der Waals surface area contributed by atoms with Crippen molar-refractivity contribution in [3.63, 3.8) is 0 Å². The van der Waals surface area contributed by atoms with Crippen molar-refractivity contribution in [1.82, 2.24) is 0 Å². The lowest BCUT2D eigenvalue weighted by Gasteiger charge is -2.21. The minimum Gasteiger partial charge on any atom is -0.462 e. The van der Waals surface area contributed by atoms with Gasteiger partial charge in [0.25, 0.3) is 0 Å². The highest BCUT2D eigenvalue weighted by Gasteiger charge is 2.30. The van der Waals surface area contributed by atoms with Crippen LogP contribution in [0.1, 0.15) is 356 Å². The molecule has 0 saturated carbocycles. The van der Waals surface area contributed by atoms with Crippen LogP contribution in [0.15, 0.2) is 0 Å². The Morgan fingerprint density at radius 3 is 0.854 bits per heavy atom. The lowest BCUT2D eigenvalue weighted by Crippen LogP contribution is -2.30. The van der Waals surface area contributed by atoms with E-state index in [0.717, 1.165) is 102 Å². The maximum absolute atomic E-state index is 13.0. The first-order valence-electron chi connectivity index (χ1n) is 36.5. The lowest BCUT2D eigenvalue weighted by molar-refractivity contribution is -0.161. The maximum atomic E-state index is 13.0. The van der Waals surface area contributed by atoms with Crippen LogP contribution in [0, 0.1) is 11.8 Å². The average molecular weight is 1310 g/mol. The summed E-state index contributed by atoms with van der Waals surface area (Å²) in [5.74, 6) is -0.561. The SMILES string of the molecule is CCCCCCCCCCCCCC(=O)OC[C@H](COP(=O)(O)OC[C@H](O)COP(=O)(O)OC[C@@H](COC(=O)CCCCCCCCCCCCC(C)C)OC(=O)CCCCCCCCCCCCC(C)CC)OC(=O)CCCCCCCCCCCCC. The third kappa shape index (κ3) is 63.2. The summed E-state index contributed by atoms with van der Waals surface area (Å²) >= 11 is 0. The Balaban J connectivity index is 5.26. The van der Waals surface area contributed by atoms with Crippen molar-refractivity contribution in [2.75, 3.05) is 39.6 Å². The van der Waals surface area contributed by atoms with Crippen molar-refractivity contribution in [1.29, 1.82) is 0 Å². The van der Waals surface area contributed by atoms with Gasteiger partial charge >= 0.3 is 39.5 Å². The second kappa shape index (κ2) is 62.2. The number of hydrogen-bond acceptors (Lipinski definition) is 15. The molecule has 0 amide bonds. The first-order chi connectivity index (χ1) is 42.9. The predicted molar refractivity (Wildman–Crippen MR) is 358 cm³/mol. The molecule has 6 atom stereocenters. The number of aliphatic hydroxyl groups is 1.